The fraction of sp³-hybridized carbons (Fsp3) is 0.0476. The second kappa shape index (κ2) is 8.89. The summed E-state index contributed by atoms with van der Waals surface area (Å²) in [6, 6.07) is 19.5. The Morgan fingerprint density at radius 3 is 2.31 bits per heavy atom. The van der Waals surface area contributed by atoms with Gasteiger partial charge in [0.15, 0.2) is 0 Å². The molecule has 0 fully saturated rings. The average Bonchev–Trinajstić information content (AvgIpc) is 2.70. The quantitative estimate of drug-likeness (QED) is 0.276. The number of rotatable bonds is 6. The number of halogens is 1. The zero-order chi connectivity index (χ0) is 20.9. The summed E-state index contributed by atoms with van der Waals surface area (Å²) in [5, 5.41) is 4.08. The molecule has 1 N–H and O–H groups in total. The molecule has 0 aliphatic rings. The standard InChI is InChI=1S/C21H17ClN2O4S/c1-15-6-12-18(13-7-15)29(26,27)24-23-14-16-8-10-17(11-9-16)28-21(25)19-4-2-3-5-20(19)22/h2-14,24H,1H3/b23-14+. The minimum Gasteiger partial charge on any atom is -0.423 e. The van der Waals surface area contributed by atoms with E-state index in [0.717, 1.165) is 5.56 Å². The van der Waals surface area contributed by atoms with Gasteiger partial charge in [0.1, 0.15) is 5.75 Å². The third-order valence-corrected chi connectivity index (χ3v) is 5.47. The Hall–Kier alpha value is -3.16. The number of hydrazone groups is 1. The molecule has 3 aromatic carbocycles. The predicted octanol–water partition coefficient (Wildman–Crippen LogP) is 4.18. The molecule has 6 nitrogen and oxygen atoms in total. The molecular weight excluding hydrogens is 412 g/mol. The SMILES string of the molecule is Cc1ccc(S(=O)(=O)N/N=C/c2ccc(OC(=O)c3ccccc3Cl)cc2)cc1. The van der Waals surface area contributed by atoms with E-state index < -0.39 is 16.0 Å². The fourth-order valence-electron chi connectivity index (χ4n) is 2.35. The van der Waals surface area contributed by atoms with Gasteiger partial charge in [-0.25, -0.2) is 9.63 Å². The molecule has 0 aliphatic carbocycles. The number of carbonyl (C=O) groups excluding carboxylic acids is 1. The zero-order valence-electron chi connectivity index (χ0n) is 15.4. The molecule has 29 heavy (non-hydrogen) atoms. The highest BCUT2D eigenvalue weighted by Gasteiger charge is 2.13. The summed E-state index contributed by atoms with van der Waals surface area (Å²) in [6.45, 7) is 1.87. The molecule has 0 atom stereocenters. The van der Waals surface area contributed by atoms with Crippen molar-refractivity contribution in [1.29, 1.82) is 0 Å². The second-order valence-corrected chi connectivity index (χ2v) is 8.17. The maximum atomic E-state index is 12.2. The average molecular weight is 429 g/mol. The van der Waals surface area contributed by atoms with Crippen LogP contribution in [0.3, 0.4) is 0 Å². The highest BCUT2D eigenvalue weighted by molar-refractivity contribution is 7.89. The van der Waals surface area contributed by atoms with Crippen molar-refractivity contribution >= 4 is 33.8 Å². The van der Waals surface area contributed by atoms with Gasteiger partial charge in [-0.3, -0.25) is 0 Å². The van der Waals surface area contributed by atoms with Crippen LogP contribution in [0.1, 0.15) is 21.5 Å². The lowest BCUT2D eigenvalue weighted by Crippen LogP contribution is -2.18. The first kappa shape index (κ1) is 20.6. The molecule has 3 aromatic rings. The van der Waals surface area contributed by atoms with Crippen molar-refractivity contribution in [2.75, 3.05) is 0 Å². The lowest BCUT2D eigenvalue weighted by Gasteiger charge is -2.06. The Morgan fingerprint density at radius 2 is 1.66 bits per heavy atom. The van der Waals surface area contributed by atoms with Crippen LogP contribution in [0.2, 0.25) is 5.02 Å². The molecule has 0 radical (unpaired) electrons. The summed E-state index contributed by atoms with van der Waals surface area (Å²) >= 11 is 5.98. The molecule has 0 amide bonds. The van der Waals surface area contributed by atoms with Crippen LogP contribution < -0.4 is 9.57 Å². The number of nitrogens with zero attached hydrogens (tertiary/aromatic N) is 1. The summed E-state index contributed by atoms with van der Waals surface area (Å²) in [6.07, 6.45) is 1.35. The van der Waals surface area contributed by atoms with E-state index in [4.69, 9.17) is 16.3 Å². The molecule has 148 valence electrons. The smallest absolute Gasteiger partial charge is 0.345 e. The maximum absolute atomic E-state index is 12.2. The Morgan fingerprint density at radius 1 is 1.00 bits per heavy atom. The number of hydrogen-bond donors (Lipinski definition) is 1. The van der Waals surface area contributed by atoms with Gasteiger partial charge in [0.05, 0.1) is 21.7 Å². The van der Waals surface area contributed by atoms with E-state index in [0.29, 0.717) is 16.3 Å². The number of hydrogen-bond acceptors (Lipinski definition) is 5. The fourth-order valence-corrected chi connectivity index (χ4v) is 3.36. The van der Waals surface area contributed by atoms with Crippen LogP contribution in [0.4, 0.5) is 0 Å². The van der Waals surface area contributed by atoms with Crippen LogP contribution in [-0.4, -0.2) is 20.6 Å². The van der Waals surface area contributed by atoms with Gasteiger partial charge in [0.25, 0.3) is 10.0 Å². The van der Waals surface area contributed by atoms with E-state index in [1.165, 1.54) is 18.3 Å². The number of ether oxygens (including phenoxy) is 1. The van der Waals surface area contributed by atoms with Crippen molar-refractivity contribution in [2.24, 2.45) is 5.10 Å². The van der Waals surface area contributed by atoms with Crippen LogP contribution in [-0.2, 0) is 10.0 Å². The maximum Gasteiger partial charge on any atom is 0.345 e. The van der Waals surface area contributed by atoms with E-state index in [9.17, 15) is 13.2 Å². The van der Waals surface area contributed by atoms with E-state index in [1.807, 2.05) is 6.92 Å². The Bertz CT molecular complexity index is 1140. The van der Waals surface area contributed by atoms with Gasteiger partial charge in [-0.05, 0) is 61.0 Å². The highest BCUT2D eigenvalue weighted by atomic mass is 35.5. The van der Waals surface area contributed by atoms with E-state index in [1.54, 1.807) is 60.7 Å². The molecule has 0 bridgehead atoms. The molecule has 0 saturated carbocycles. The van der Waals surface area contributed by atoms with Crippen molar-refractivity contribution in [3.8, 4) is 5.75 Å². The first-order valence-corrected chi connectivity index (χ1v) is 10.4. The number of esters is 1. The Balaban J connectivity index is 1.62. The Labute approximate surface area is 173 Å². The number of aryl methyl sites for hydroxylation is 1. The lowest BCUT2D eigenvalue weighted by molar-refractivity contribution is 0.0735. The van der Waals surface area contributed by atoms with Crippen LogP contribution in [0.15, 0.2) is 82.8 Å². The first-order valence-electron chi connectivity index (χ1n) is 8.53. The van der Waals surface area contributed by atoms with Crippen LogP contribution in [0.5, 0.6) is 5.75 Å². The minimum absolute atomic E-state index is 0.127. The van der Waals surface area contributed by atoms with Crippen LogP contribution in [0.25, 0.3) is 0 Å². The van der Waals surface area contributed by atoms with E-state index >= 15 is 0 Å². The summed E-state index contributed by atoms with van der Waals surface area (Å²) in [4.78, 5) is 14.4. The van der Waals surface area contributed by atoms with Gasteiger partial charge in [0, 0.05) is 0 Å². The van der Waals surface area contributed by atoms with Gasteiger partial charge in [0.2, 0.25) is 0 Å². The number of sulfonamides is 1. The molecule has 0 heterocycles. The third kappa shape index (κ3) is 5.43. The zero-order valence-corrected chi connectivity index (χ0v) is 16.9. The van der Waals surface area contributed by atoms with Crippen molar-refractivity contribution in [3.05, 3.63) is 94.5 Å². The lowest BCUT2D eigenvalue weighted by atomic mass is 10.2. The van der Waals surface area contributed by atoms with Crippen molar-refractivity contribution < 1.29 is 17.9 Å². The molecule has 0 saturated heterocycles. The molecule has 0 spiro atoms. The normalized spacial score (nSPS) is 11.4. The number of benzene rings is 3. The molecule has 0 aliphatic heterocycles. The molecule has 0 unspecified atom stereocenters. The first-order chi connectivity index (χ1) is 13.8. The van der Waals surface area contributed by atoms with E-state index in [2.05, 4.69) is 9.93 Å². The topological polar surface area (TPSA) is 84.8 Å². The summed E-state index contributed by atoms with van der Waals surface area (Å²) < 4.78 is 29.6. The van der Waals surface area contributed by atoms with Crippen molar-refractivity contribution in [3.63, 3.8) is 0 Å². The largest absolute Gasteiger partial charge is 0.423 e. The van der Waals surface area contributed by atoms with Gasteiger partial charge >= 0.3 is 5.97 Å². The summed E-state index contributed by atoms with van der Waals surface area (Å²) in [7, 11) is -3.74. The van der Waals surface area contributed by atoms with Crippen molar-refractivity contribution in [2.45, 2.75) is 11.8 Å². The number of carbonyl (C=O) groups is 1. The molecule has 8 heteroatoms. The second-order valence-electron chi connectivity index (χ2n) is 6.10. The monoisotopic (exact) mass is 428 g/mol. The third-order valence-electron chi connectivity index (χ3n) is 3.90. The van der Waals surface area contributed by atoms with Crippen LogP contribution in [0, 0.1) is 6.92 Å². The highest BCUT2D eigenvalue weighted by Crippen LogP contribution is 2.19. The molecule has 3 rings (SSSR count). The summed E-state index contributed by atoms with van der Waals surface area (Å²) in [5.74, 6) is -0.241. The Kier molecular flexibility index (Phi) is 6.31. The van der Waals surface area contributed by atoms with Crippen LogP contribution >= 0.6 is 11.6 Å². The number of nitrogens with one attached hydrogen (secondary N) is 1. The van der Waals surface area contributed by atoms with E-state index in [-0.39, 0.29) is 10.5 Å². The molecular formula is C21H17ClN2O4S. The van der Waals surface area contributed by atoms with Gasteiger partial charge in [-0.15, -0.1) is 0 Å². The minimum atomic E-state index is -3.74. The van der Waals surface area contributed by atoms with Crippen molar-refractivity contribution in [1.82, 2.24) is 4.83 Å². The van der Waals surface area contributed by atoms with Gasteiger partial charge in [-0.2, -0.15) is 13.5 Å². The predicted molar refractivity (Wildman–Crippen MR) is 112 cm³/mol. The molecule has 0 aromatic heterocycles. The summed E-state index contributed by atoms with van der Waals surface area (Å²) in [5.41, 5.74) is 1.85. The van der Waals surface area contributed by atoms with Gasteiger partial charge in [-0.1, -0.05) is 41.4 Å². The van der Waals surface area contributed by atoms with Gasteiger partial charge < -0.3 is 4.74 Å².